The van der Waals surface area contributed by atoms with E-state index in [0.29, 0.717) is 0 Å². The van der Waals surface area contributed by atoms with Crippen LogP contribution in [0.15, 0.2) is 0 Å². The van der Waals surface area contributed by atoms with Crippen molar-refractivity contribution in [3.05, 3.63) is 0 Å². The molecule has 0 aliphatic heterocycles. The molecule has 46 valence electrons. The van der Waals surface area contributed by atoms with Crippen LogP contribution in [0.5, 0.6) is 0 Å². The van der Waals surface area contributed by atoms with Gasteiger partial charge < -0.3 is 14.7 Å². The third kappa shape index (κ3) is 66.3. The van der Waals surface area contributed by atoms with E-state index in [0.717, 1.165) is 0 Å². The molecule has 8 heavy (non-hydrogen) atoms. The van der Waals surface area contributed by atoms with Gasteiger partial charge in [-0.25, -0.2) is 4.57 Å². The monoisotopic (exact) mass is 244 g/mol. The van der Waals surface area contributed by atoms with Gasteiger partial charge in [-0.15, -0.1) is 0 Å². The van der Waals surface area contributed by atoms with Crippen molar-refractivity contribution in [2.24, 2.45) is 0 Å². The molecule has 3 N–H and O–H groups in total. The summed E-state index contributed by atoms with van der Waals surface area (Å²) < 4.78 is 8.88. The first kappa shape index (κ1) is 22.4. The Balaban J connectivity index is -0.0000000267. The molecule has 0 aromatic rings. The van der Waals surface area contributed by atoms with Gasteiger partial charge in [0, 0.05) is 0 Å². The van der Waals surface area contributed by atoms with Crippen LogP contribution in [0.3, 0.4) is 0 Å². The van der Waals surface area contributed by atoms with Gasteiger partial charge in [-0.05, 0) is 0 Å². The molecule has 0 saturated carbocycles. The molecule has 0 aliphatic rings. The number of hydrogen-bond acceptors (Lipinski definition) is 1. The number of rotatable bonds is 0. The average Bonchev–Trinajstić information content (AvgIpc) is 0.722. The van der Waals surface area contributed by atoms with E-state index in [9.17, 15) is 0 Å². The van der Waals surface area contributed by atoms with Gasteiger partial charge in [-0.3, -0.25) is 0 Å². The van der Waals surface area contributed by atoms with Crippen molar-refractivity contribution in [3.63, 3.8) is 0 Å². The van der Waals surface area contributed by atoms with Crippen LogP contribution >= 0.6 is 7.82 Å². The van der Waals surface area contributed by atoms with E-state index in [1.807, 2.05) is 0 Å². The van der Waals surface area contributed by atoms with E-state index in [-0.39, 0.29) is 85.9 Å². The van der Waals surface area contributed by atoms with Crippen LogP contribution in [0.4, 0.5) is 0 Å². The van der Waals surface area contributed by atoms with Gasteiger partial charge in [0.2, 0.25) is 0 Å². The Kier molecular flexibility index (Phi) is 27.7. The second-order valence-electron chi connectivity index (χ2n) is 0.513. The maximum atomic E-state index is 8.88. The molecule has 0 aliphatic carbocycles. The third-order valence-electron chi connectivity index (χ3n) is 0. The molecule has 0 saturated heterocycles. The summed E-state index contributed by atoms with van der Waals surface area (Å²) in [6.45, 7) is 0. The number of phosphoric acid groups is 1. The third-order valence-corrected chi connectivity index (χ3v) is 0. The van der Waals surface area contributed by atoms with Crippen molar-refractivity contribution in [3.8, 4) is 0 Å². The van der Waals surface area contributed by atoms with E-state index in [2.05, 4.69) is 0 Å². The quantitative estimate of drug-likeness (QED) is 0.300. The van der Waals surface area contributed by atoms with Crippen LogP contribution in [-0.2, 0) is 4.57 Å². The molecule has 0 aromatic carbocycles. The van der Waals surface area contributed by atoms with Gasteiger partial charge in [0.05, 0.1) is 0 Å². The Morgan fingerprint density at radius 1 is 1.12 bits per heavy atom. The molecular weight excluding hydrogens is 234 g/mol. The normalized spacial score (nSPS) is 7.38. The predicted molar refractivity (Wildman–Crippen MR) is 41.3 cm³/mol. The molecule has 0 bridgehead atoms. The second kappa shape index (κ2) is 9.89. The van der Waals surface area contributed by atoms with Crippen LogP contribution in [0.2, 0.25) is 0 Å². The summed E-state index contributed by atoms with van der Waals surface area (Å²) in [4.78, 5) is 21.6. The van der Waals surface area contributed by atoms with Crippen molar-refractivity contribution in [2.75, 3.05) is 0 Å². The van der Waals surface area contributed by atoms with E-state index in [1.165, 1.54) is 0 Å². The van der Waals surface area contributed by atoms with Crippen LogP contribution in [0, 0.1) is 0 Å². The molecule has 4 nitrogen and oxygen atoms in total. The van der Waals surface area contributed by atoms with Crippen LogP contribution in [0.25, 0.3) is 0 Å². The van der Waals surface area contributed by atoms with Crippen molar-refractivity contribution in [1.82, 2.24) is 0 Å². The summed E-state index contributed by atoms with van der Waals surface area (Å²) in [6, 6.07) is 0. The topological polar surface area (TPSA) is 77.8 Å². The van der Waals surface area contributed by atoms with Crippen molar-refractivity contribution >= 4 is 93.7 Å². The minimum absolute atomic E-state index is 0. The van der Waals surface area contributed by atoms with Crippen molar-refractivity contribution in [1.29, 1.82) is 0 Å². The fourth-order valence-corrected chi connectivity index (χ4v) is 0. The summed E-state index contributed by atoms with van der Waals surface area (Å²) >= 11 is 0. The molecule has 0 heterocycles. The summed E-state index contributed by atoms with van der Waals surface area (Å²) in [5, 5.41) is 0. The van der Waals surface area contributed by atoms with Crippen LogP contribution < -0.4 is 0 Å². The molecule has 0 amide bonds. The second-order valence-corrected chi connectivity index (χ2v) is 1.54. The van der Waals surface area contributed by atoms with Crippen molar-refractivity contribution < 1.29 is 19.2 Å². The minimum atomic E-state index is -4.64. The summed E-state index contributed by atoms with van der Waals surface area (Å²) in [5.41, 5.74) is 0. The summed E-state index contributed by atoms with van der Waals surface area (Å²) in [7, 11) is -4.64. The Morgan fingerprint density at radius 2 is 1.12 bits per heavy atom. The van der Waals surface area contributed by atoms with Gasteiger partial charge in [-0.1, -0.05) is 0 Å². The molecule has 8 heteroatoms. The molecule has 0 unspecified atom stereocenters. The maximum absolute atomic E-state index is 8.88. The van der Waals surface area contributed by atoms with Crippen LogP contribution in [-0.4, -0.2) is 101 Å². The predicted octanol–water partition coefficient (Wildman–Crippen LogP) is -3.94. The molecular formula is H10AlMgO4PSr. The van der Waals surface area contributed by atoms with E-state index >= 15 is 0 Å². The average molecular weight is 244 g/mol. The number of hydrogen-bond donors (Lipinski definition) is 3. The Bertz CT molecular complexity index is 62.2. The first-order chi connectivity index (χ1) is 2.00. The van der Waals surface area contributed by atoms with Gasteiger partial charge >= 0.3 is 76.4 Å². The van der Waals surface area contributed by atoms with E-state index in [1.54, 1.807) is 0 Å². The SMILES string of the molecule is O=P(O)(O)O.[AlH3].[MgH2].[SrH2]. The molecule has 0 fully saturated rings. The first-order valence-electron chi connectivity index (χ1n) is 0.783. The molecule has 0 atom stereocenters. The molecule has 0 rings (SSSR count). The zero-order valence-electron chi connectivity index (χ0n) is 2.20. The van der Waals surface area contributed by atoms with Crippen molar-refractivity contribution in [2.45, 2.75) is 0 Å². The van der Waals surface area contributed by atoms with Gasteiger partial charge in [0.25, 0.3) is 0 Å². The first-order valence-corrected chi connectivity index (χ1v) is 2.35. The zero-order chi connectivity index (χ0) is 4.50. The summed E-state index contributed by atoms with van der Waals surface area (Å²) in [5.74, 6) is 0. The standard InChI is InChI=1S/Al.Mg.H3O4P.Sr.7H/c;;1-5(2,3)4;;;;;;;;/h;;(H3,1,2,3,4);;;;;;;;. The molecule has 0 radical (unpaired) electrons. The Morgan fingerprint density at radius 3 is 1.12 bits per heavy atom. The van der Waals surface area contributed by atoms with Gasteiger partial charge in [0.15, 0.2) is 17.4 Å². The summed E-state index contributed by atoms with van der Waals surface area (Å²) in [6.07, 6.45) is 0. The van der Waals surface area contributed by atoms with E-state index in [4.69, 9.17) is 19.2 Å². The fraction of sp³-hybridized carbons (Fsp3) is 0. The zero-order valence-corrected chi connectivity index (χ0v) is 3.09. The van der Waals surface area contributed by atoms with Gasteiger partial charge in [-0.2, -0.15) is 0 Å². The molecule has 0 spiro atoms. The molecule has 0 aromatic heterocycles. The fourth-order valence-electron chi connectivity index (χ4n) is 0. The Labute approximate surface area is 111 Å². The van der Waals surface area contributed by atoms with E-state index < -0.39 is 7.82 Å². The van der Waals surface area contributed by atoms with Crippen LogP contribution in [0.1, 0.15) is 0 Å². The van der Waals surface area contributed by atoms with Gasteiger partial charge in [0.1, 0.15) is 0 Å². The Hall–Kier alpha value is 2.89.